The monoisotopic (exact) mass is 344 g/mol. The van der Waals surface area contributed by atoms with Crippen molar-refractivity contribution in [2.45, 2.75) is 51.0 Å². The Morgan fingerprint density at radius 1 is 1.37 bits per heavy atom. The molecule has 0 saturated heterocycles. The first-order chi connectivity index (χ1) is 9.19. The molecule has 0 heterocycles. The molecule has 1 aliphatic rings. The van der Waals surface area contributed by atoms with Gasteiger partial charge in [0.05, 0.1) is 0 Å². The van der Waals surface area contributed by atoms with Gasteiger partial charge in [-0.2, -0.15) is 0 Å². The summed E-state index contributed by atoms with van der Waals surface area (Å²) in [6.07, 6.45) is 8.92. The molecule has 1 unspecified atom stereocenters. The van der Waals surface area contributed by atoms with E-state index in [1.54, 1.807) is 0 Å². The second-order valence-corrected chi connectivity index (χ2v) is 6.85. The highest BCUT2D eigenvalue weighted by molar-refractivity contribution is 9.10. The Labute approximate surface area is 129 Å². The van der Waals surface area contributed by atoms with Crippen LogP contribution in [-0.4, -0.2) is 6.04 Å². The average Bonchev–Trinajstić information content (AvgIpc) is 2.90. The van der Waals surface area contributed by atoms with Crippen LogP contribution in [0.1, 0.15) is 44.1 Å². The van der Waals surface area contributed by atoms with Gasteiger partial charge in [0.1, 0.15) is 0 Å². The molecule has 4 heteroatoms. The highest BCUT2D eigenvalue weighted by atomic mass is 79.9. The molecule has 0 spiro atoms. The van der Waals surface area contributed by atoms with E-state index in [1.165, 1.54) is 37.7 Å². The van der Waals surface area contributed by atoms with E-state index in [0.717, 1.165) is 28.3 Å². The summed E-state index contributed by atoms with van der Waals surface area (Å²) in [4.78, 5) is 0. The van der Waals surface area contributed by atoms with Crippen molar-refractivity contribution in [1.29, 1.82) is 0 Å². The third-order valence-corrected chi connectivity index (χ3v) is 4.96. The number of nitrogens with two attached hydrogens (primary N) is 1. The molecule has 1 atom stereocenters. The van der Waals surface area contributed by atoms with Gasteiger partial charge in [0.15, 0.2) is 0 Å². The molecule has 0 bridgehead atoms. The molecule has 1 saturated carbocycles. The van der Waals surface area contributed by atoms with Gasteiger partial charge in [-0.05, 0) is 42.9 Å². The third-order valence-electron chi connectivity index (χ3n) is 4.12. The van der Waals surface area contributed by atoms with Gasteiger partial charge >= 0.3 is 0 Å². The first-order valence-corrected chi connectivity index (χ1v) is 8.26. The molecule has 0 aliphatic heterocycles. The van der Waals surface area contributed by atoms with Crippen molar-refractivity contribution in [2.24, 2.45) is 11.8 Å². The Kier molecular flexibility index (Phi) is 6.14. The summed E-state index contributed by atoms with van der Waals surface area (Å²) < 4.78 is 1.02. The maximum atomic E-state index is 6.26. The summed E-state index contributed by atoms with van der Waals surface area (Å²) in [5, 5.41) is 0.815. The molecular weight excluding hydrogens is 324 g/mol. The number of nitrogens with one attached hydrogen (secondary N) is 1. The molecule has 0 radical (unpaired) electrons. The van der Waals surface area contributed by atoms with Crippen LogP contribution in [0.3, 0.4) is 0 Å². The lowest BCUT2D eigenvalue weighted by atomic mass is 9.95. The zero-order chi connectivity index (χ0) is 13.7. The van der Waals surface area contributed by atoms with Gasteiger partial charge in [0, 0.05) is 15.5 Å². The van der Waals surface area contributed by atoms with Crippen molar-refractivity contribution < 1.29 is 0 Å². The molecule has 1 aromatic rings. The van der Waals surface area contributed by atoms with Crippen molar-refractivity contribution in [2.75, 3.05) is 0 Å². The Balaban J connectivity index is 1.86. The molecule has 0 amide bonds. The van der Waals surface area contributed by atoms with E-state index in [2.05, 4.69) is 27.4 Å². The lowest BCUT2D eigenvalue weighted by molar-refractivity contribution is 0.407. The smallest absolute Gasteiger partial charge is 0.0449 e. The normalized spacial score (nSPS) is 17.8. The molecule has 2 nitrogen and oxygen atoms in total. The minimum absolute atomic E-state index is 0.319. The largest absolute Gasteiger partial charge is 0.271 e. The zero-order valence-corrected chi connectivity index (χ0v) is 13.5. The SMILES string of the molecule is NNC(CCC1CCCC1)Cc1ccc(Br)cc1Cl. The molecule has 0 aromatic heterocycles. The first-order valence-electron chi connectivity index (χ1n) is 7.09. The highest BCUT2D eigenvalue weighted by Gasteiger charge is 2.17. The predicted octanol–water partition coefficient (Wildman–Crippen LogP) is 4.45. The quantitative estimate of drug-likeness (QED) is 0.590. The fraction of sp³-hybridized carbons (Fsp3) is 0.600. The molecular formula is C15H22BrClN2. The van der Waals surface area contributed by atoms with Crippen LogP contribution in [0.2, 0.25) is 5.02 Å². The topological polar surface area (TPSA) is 38.0 Å². The maximum Gasteiger partial charge on any atom is 0.0449 e. The molecule has 1 aromatic carbocycles. The van der Waals surface area contributed by atoms with E-state index in [4.69, 9.17) is 17.4 Å². The average molecular weight is 346 g/mol. The van der Waals surface area contributed by atoms with E-state index < -0.39 is 0 Å². The molecule has 19 heavy (non-hydrogen) atoms. The van der Waals surface area contributed by atoms with Gasteiger partial charge in [-0.15, -0.1) is 0 Å². The number of hydrogen-bond acceptors (Lipinski definition) is 2. The number of rotatable bonds is 6. The van der Waals surface area contributed by atoms with E-state index >= 15 is 0 Å². The molecule has 2 rings (SSSR count). The lowest BCUT2D eigenvalue weighted by Gasteiger charge is -2.19. The van der Waals surface area contributed by atoms with E-state index in [0.29, 0.717) is 6.04 Å². The number of hydrazine groups is 1. The van der Waals surface area contributed by atoms with Crippen LogP contribution in [0, 0.1) is 5.92 Å². The Morgan fingerprint density at radius 3 is 2.74 bits per heavy atom. The molecule has 1 fully saturated rings. The van der Waals surface area contributed by atoms with Gasteiger partial charge in [0.2, 0.25) is 0 Å². The zero-order valence-electron chi connectivity index (χ0n) is 11.2. The summed E-state index contributed by atoms with van der Waals surface area (Å²) in [5.41, 5.74) is 4.11. The van der Waals surface area contributed by atoms with Crippen LogP contribution in [0.4, 0.5) is 0 Å². The third kappa shape index (κ3) is 4.75. The van der Waals surface area contributed by atoms with E-state index in [1.807, 2.05) is 12.1 Å². The summed E-state index contributed by atoms with van der Waals surface area (Å²) in [5.74, 6) is 6.60. The Bertz CT molecular complexity index is 405. The van der Waals surface area contributed by atoms with Gasteiger partial charge in [-0.1, -0.05) is 59.3 Å². The van der Waals surface area contributed by atoms with Gasteiger partial charge in [-0.25, -0.2) is 0 Å². The predicted molar refractivity (Wildman–Crippen MR) is 85.2 cm³/mol. The van der Waals surface area contributed by atoms with Crippen molar-refractivity contribution in [3.05, 3.63) is 33.3 Å². The van der Waals surface area contributed by atoms with E-state index in [-0.39, 0.29) is 0 Å². The van der Waals surface area contributed by atoms with E-state index in [9.17, 15) is 0 Å². The minimum atomic E-state index is 0.319. The molecule has 106 valence electrons. The van der Waals surface area contributed by atoms with Crippen LogP contribution < -0.4 is 11.3 Å². The van der Waals surface area contributed by atoms with Crippen molar-refractivity contribution >= 4 is 27.5 Å². The van der Waals surface area contributed by atoms with Crippen LogP contribution in [0.15, 0.2) is 22.7 Å². The Hall–Kier alpha value is -0.0900. The van der Waals surface area contributed by atoms with Gasteiger partial charge in [0.25, 0.3) is 0 Å². The second-order valence-electron chi connectivity index (χ2n) is 5.53. The van der Waals surface area contributed by atoms with Crippen LogP contribution in [-0.2, 0) is 6.42 Å². The van der Waals surface area contributed by atoms with Crippen LogP contribution >= 0.6 is 27.5 Å². The van der Waals surface area contributed by atoms with Crippen molar-refractivity contribution in [1.82, 2.24) is 5.43 Å². The number of benzene rings is 1. The number of halogens is 2. The minimum Gasteiger partial charge on any atom is -0.271 e. The fourth-order valence-electron chi connectivity index (χ4n) is 2.93. The fourth-order valence-corrected chi connectivity index (χ4v) is 3.68. The standard InChI is InChI=1S/C15H22BrClN2/c16-13-7-6-12(15(17)10-13)9-14(19-18)8-5-11-3-1-2-4-11/h6-7,10-11,14,19H,1-5,8-9,18H2. The number of hydrogen-bond donors (Lipinski definition) is 2. The second kappa shape index (κ2) is 7.63. The summed E-state index contributed by atoms with van der Waals surface area (Å²) in [6, 6.07) is 6.37. The summed E-state index contributed by atoms with van der Waals surface area (Å²) in [6.45, 7) is 0. The summed E-state index contributed by atoms with van der Waals surface area (Å²) >= 11 is 9.69. The highest BCUT2D eigenvalue weighted by Crippen LogP contribution is 2.29. The Morgan fingerprint density at radius 2 is 2.11 bits per heavy atom. The lowest BCUT2D eigenvalue weighted by Crippen LogP contribution is -2.37. The van der Waals surface area contributed by atoms with Crippen LogP contribution in [0.25, 0.3) is 0 Å². The first kappa shape index (κ1) is 15.3. The molecule has 3 N–H and O–H groups in total. The van der Waals surface area contributed by atoms with Crippen molar-refractivity contribution in [3.8, 4) is 0 Å². The van der Waals surface area contributed by atoms with Crippen molar-refractivity contribution in [3.63, 3.8) is 0 Å². The maximum absolute atomic E-state index is 6.26. The summed E-state index contributed by atoms with van der Waals surface area (Å²) in [7, 11) is 0. The van der Waals surface area contributed by atoms with Gasteiger partial charge < -0.3 is 0 Å². The van der Waals surface area contributed by atoms with Crippen LogP contribution in [0.5, 0.6) is 0 Å². The molecule has 1 aliphatic carbocycles. The van der Waals surface area contributed by atoms with Gasteiger partial charge in [-0.3, -0.25) is 11.3 Å².